The zero-order valence-corrected chi connectivity index (χ0v) is 16.5. The van der Waals surface area contributed by atoms with E-state index in [9.17, 15) is 14.4 Å². The van der Waals surface area contributed by atoms with Crippen LogP contribution in [0.4, 0.5) is 10.5 Å². The molecule has 1 saturated carbocycles. The molecule has 3 amide bonds. The molecular formula is C22H23N3O5. The Morgan fingerprint density at radius 3 is 2.33 bits per heavy atom. The van der Waals surface area contributed by atoms with Gasteiger partial charge in [-0.15, -0.1) is 0 Å². The monoisotopic (exact) mass is 409 g/mol. The van der Waals surface area contributed by atoms with E-state index in [1.165, 1.54) is 0 Å². The summed E-state index contributed by atoms with van der Waals surface area (Å²) in [7, 11) is 1.57. The molecule has 0 unspecified atom stereocenters. The third kappa shape index (κ3) is 3.94. The molecule has 1 aliphatic carbocycles. The van der Waals surface area contributed by atoms with Gasteiger partial charge in [-0.25, -0.2) is 4.79 Å². The van der Waals surface area contributed by atoms with E-state index in [4.69, 9.17) is 15.2 Å². The Morgan fingerprint density at radius 2 is 1.77 bits per heavy atom. The predicted molar refractivity (Wildman–Crippen MR) is 109 cm³/mol. The molecular weight excluding hydrogens is 386 g/mol. The van der Waals surface area contributed by atoms with Crippen molar-refractivity contribution < 1.29 is 23.9 Å². The van der Waals surface area contributed by atoms with E-state index in [1.54, 1.807) is 60.5 Å². The van der Waals surface area contributed by atoms with Crippen molar-refractivity contribution in [2.24, 2.45) is 11.7 Å². The Hall–Kier alpha value is -3.55. The molecule has 1 saturated heterocycles. The van der Waals surface area contributed by atoms with Gasteiger partial charge in [-0.05, 0) is 60.7 Å². The zero-order chi connectivity index (χ0) is 21.3. The number of carbonyl (C=O) groups is 3. The lowest BCUT2D eigenvalue weighted by molar-refractivity contribution is -0.137. The number of ether oxygens (including phenoxy) is 2. The number of amides is 3. The number of nitrogens with one attached hydrogen (secondary N) is 1. The van der Waals surface area contributed by atoms with E-state index in [0.717, 1.165) is 18.4 Å². The van der Waals surface area contributed by atoms with Crippen LogP contribution in [0, 0.1) is 5.92 Å². The number of methoxy groups -OCH3 is 1. The van der Waals surface area contributed by atoms with Crippen molar-refractivity contribution in [3.8, 4) is 5.75 Å². The first kappa shape index (κ1) is 19.8. The third-order valence-corrected chi connectivity index (χ3v) is 5.40. The molecule has 1 aliphatic heterocycles. The Morgan fingerprint density at radius 1 is 1.10 bits per heavy atom. The van der Waals surface area contributed by atoms with Gasteiger partial charge in [0.25, 0.3) is 5.91 Å². The second-order valence-electron chi connectivity index (χ2n) is 7.49. The molecule has 1 heterocycles. The molecule has 30 heavy (non-hydrogen) atoms. The van der Waals surface area contributed by atoms with Gasteiger partial charge in [-0.2, -0.15) is 0 Å². The van der Waals surface area contributed by atoms with Gasteiger partial charge in [0.05, 0.1) is 7.11 Å². The predicted octanol–water partition coefficient (Wildman–Crippen LogP) is 2.39. The third-order valence-electron chi connectivity index (χ3n) is 5.40. The van der Waals surface area contributed by atoms with Crippen LogP contribution >= 0.6 is 0 Å². The van der Waals surface area contributed by atoms with E-state index < -0.39 is 24.1 Å². The number of nitrogens with zero attached hydrogens (tertiary/aromatic N) is 1. The summed E-state index contributed by atoms with van der Waals surface area (Å²) in [6.07, 6.45) is 0.643. The number of primary amides is 1. The maximum atomic E-state index is 12.9. The molecule has 2 aliphatic rings. The lowest BCUT2D eigenvalue weighted by atomic mass is 9.89. The lowest BCUT2D eigenvalue weighted by Gasteiger charge is -2.46. The molecule has 0 aromatic heterocycles. The summed E-state index contributed by atoms with van der Waals surface area (Å²) in [5.74, 6) is 0.320. The summed E-state index contributed by atoms with van der Waals surface area (Å²) >= 11 is 0. The van der Waals surface area contributed by atoms with Crippen molar-refractivity contribution in [3.63, 3.8) is 0 Å². The standard InChI is InChI=1S/C22H23N3O5/c1-29-17-10-8-16(9-11-17)25-18(14-4-6-15(7-5-14)20(23)26)19(21(25)27)30-22(28)24-12-13-2-3-13/h4-11,13,18-19H,2-3,12H2,1H3,(H2,23,26)(H,24,28)/t18-,19+/m1/s1. The van der Waals surface area contributed by atoms with Crippen LogP contribution in [0.15, 0.2) is 48.5 Å². The minimum absolute atomic E-state index is 0.314. The van der Waals surface area contributed by atoms with Crippen molar-refractivity contribution in [1.29, 1.82) is 0 Å². The van der Waals surface area contributed by atoms with E-state index in [1.807, 2.05) is 0 Å². The maximum Gasteiger partial charge on any atom is 0.408 e. The number of carbonyl (C=O) groups excluding carboxylic acids is 3. The van der Waals surface area contributed by atoms with Crippen LogP contribution in [-0.4, -0.2) is 37.7 Å². The fourth-order valence-electron chi connectivity index (χ4n) is 3.48. The summed E-state index contributed by atoms with van der Waals surface area (Å²) in [5.41, 5.74) is 7.07. The molecule has 8 nitrogen and oxygen atoms in total. The fraction of sp³-hybridized carbons (Fsp3) is 0.318. The molecule has 4 rings (SSSR count). The summed E-state index contributed by atoms with van der Waals surface area (Å²) in [6, 6.07) is 13.2. The van der Waals surface area contributed by atoms with Crippen molar-refractivity contribution in [1.82, 2.24) is 5.32 Å². The molecule has 0 radical (unpaired) electrons. The topological polar surface area (TPSA) is 111 Å². The number of hydrogen-bond acceptors (Lipinski definition) is 5. The minimum Gasteiger partial charge on any atom is -0.497 e. The Bertz CT molecular complexity index is 954. The van der Waals surface area contributed by atoms with Crippen LogP contribution in [0.5, 0.6) is 5.75 Å². The van der Waals surface area contributed by atoms with Gasteiger partial charge in [0.15, 0.2) is 0 Å². The van der Waals surface area contributed by atoms with Gasteiger partial charge in [-0.3, -0.25) is 14.5 Å². The molecule has 0 bridgehead atoms. The molecule has 2 fully saturated rings. The number of rotatable bonds is 7. The molecule has 2 aromatic rings. The van der Waals surface area contributed by atoms with Gasteiger partial charge < -0.3 is 20.5 Å². The Labute approximate surface area is 173 Å². The Balaban J connectivity index is 1.57. The van der Waals surface area contributed by atoms with Gasteiger partial charge in [-0.1, -0.05) is 12.1 Å². The van der Waals surface area contributed by atoms with Crippen LogP contribution in [0.3, 0.4) is 0 Å². The molecule has 2 atom stereocenters. The highest BCUT2D eigenvalue weighted by atomic mass is 16.6. The van der Waals surface area contributed by atoms with Crippen LogP contribution in [0.1, 0.15) is 34.8 Å². The van der Waals surface area contributed by atoms with Crippen molar-refractivity contribution >= 4 is 23.6 Å². The minimum atomic E-state index is -0.953. The van der Waals surface area contributed by atoms with E-state index in [2.05, 4.69) is 5.32 Å². The highest BCUT2D eigenvalue weighted by Gasteiger charge is 2.51. The van der Waals surface area contributed by atoms with Crippen molar-refractivity contribution in [2.75, 3.05) is 18.6 Å². The maximum absolute atomic E-state index is 12.9. The highest BCUT2D eigenvalue weighted by Crippen LogP contribution is 2.41. The Kier molecular flexibility index (Phi) is 5.31. The smallest absolute Gasteiger partial charge is 0.408 e. The van der Waals surface area contributed by atoms with E-state index in [0.29, 0.717) is 29.5 Å². The lowest BCUT2D eigenvalue weighted by Crippen LogP contribution is -2.61. The number of alkyl carbamates (subject to hydrolysis) is 1. The average molecular weight is 409 g/mol. The van der Waals surface area contributed by atoms with Gasteiger partial charge in [0.1, 0.15) is 11.8 Å². The van der Waals surface area contributed by atoms with Crippen LogP contribution in [-0.2, 0) is 9.53 Å². The highest BCUT2D eigenvalue weighted by molar-refractivity contribution is 6.06. The summed E-state index contributed by atoms with van der Waals surface area (Å²) in [5, 5.41) is 2.72. The second-order valence-corrected chi connectivity index (χ2v) is 7.49. The quantitative estimate of drug-likeness (QED) is 0.682. The van der Waals surface area contributed by atoms with Gasteiger partial charge in [0.2, 0.25) is 12.0 Å². The number of benzene rings is 2. The SMILES string of the molecule is COc1ccc(N2C(=O)[C@@H](OC(=O)NCC3CC3)[C@H]2c2ccc(C(N)=O)cc2)cc1. The first-order valence-corrected chi connectivity index (χ1v) is 9.79. The molecule has 156 valence electrons. The largest absolute Gasteiger partial charge is 0.497 e. The number of nitrogens with two attached hydrogens (primary N) is 1. The summed E-state index contributed by atoms with van der Waals surface area (Å²) < 4.78 is 10.6. The molecule has 0 spiro atoms. The number of anilines is 1. The first-order chi connectivity index (χ1) is 14.5. The first-order valence-electron chi connectivity index (χ1n) is 9.79. The number of hydrogen-bond donors (Lipinski definition) is 2. The van der Waals surface area contributed by atoms with Gasteiger partial charge >= 0.3 is 6.09 Å². The molecule has 8 heteroatoms. The second kappa shape index (κ2) is 8.06. The zero-order valence-electron chi connectivity index (χ0n) is 16.5. The van der Waals surface area contributed by atoms with Crippen LogP contribution < -0.4 is 20.7 Å². The number of β-lactam (4-membered cyclic amide) rings is 1. The molecule has 3 N–H and O–H groups in total. The summed E-state index contributed by atoms with van der Waals surface area (Å²) in [6.45, 7) is 0.555. The van der Waals surface area contributed by atoms with E-state index in [-0.39, 0.29) is 5.91 Å². The molecule has 2 aromatic carbocycles. The van der Waals surface area contributed by atoms with Crippen LogP contribution in [0.25, 0.3) is 0 Å². The average Bonchev–Trinajstić information content (AvgIpc) is 3.59. The normalized spacial score (nSPS) is 20.3. The van der Waals surface area contributed by atoms with Crippen molar-refractivity contribution in [3.05, 3.63) is 59.7 Å². The van der Waals surface area contributed by atoms with Gasteiger partial charge in [0, 0.05) is 17.8 Å². The summed E-state index contributed by atoms with van der Waals surface area (Å²) in [4.78, 5) is 38.0. The fourth-order valence-corrected chi connectivity index (χ4v) is 3.48. The van der Waals surface area contributed by atoms with Crippen molar-refractivity contribution in [2.45, 2.75) is 25.0 Å². The van der Waals surface area contributed by atoms with Crippen LogP contribution in [0.2, 0.25) is 0 Å². The van der Waals surface area contributed by atoms with E-state index >= 15 is 0 Å².